The predicted molar refractivity (Wildman–Crippen MR) is 82.7 cm³/mol. The molecule has 0 bridgehead atoms. The number of halogens is 1. The Hall–Kier alpha value is -1.84. The first-order chi connectivity index (χ1) is 9.90. The molecule has 0 aliphatic carbocycles. The monoisotopic (exact) mass is 293 g/mol. The van der Waals surface area contributed by atoms with Gasteiger partial charge in [0.25, 0.3) is 0 Å². The summed E-state index contributed by atoms with van der Waals surface area (Å²) in [6.07, 6.45) is 6.52. The number of esters is 1. The van der Waals surface area contributed by atoms with E-state index in [9.17, 15) is 9.18 Å². The molecular formula is C17H24FNO2. The Balaban J connectivity index is 3.00. The van der Waals surface area contributed by atoms with Crippen molar-refractivity contribution in [2.75, 3.05) is 6.61 Å². The molecule has 0 fully saturated rings. The van der Waals surface area contributed by atoms with Crippen LogP contribution in [0.25, 0.3) is 0 Å². The Kier molecular flexibility index (Phi) is 6.40. The van der Waals surface area contributed by atoms with Crippen LogP contribution < -0.4 is 0 Å². The molecule has 0 aromatic carbocycles. The Morgan fingerprint density at radius 2 is 2.19 bits per heavy atom. The summed E-state index contributed by atoms with van der Waals surface area (Å²) in [5, 5.41) is 0. The van der Waals surface area contributed by atoms with Crippen molar-refractivity contribution < 1.29 is 13.9 Å². The van der Waals surface area contributed by atoms with Crippen LogP contribution in [0, 0.1) is 5.92 Å². The van der Waals surface area contributed by atoms with Crippen molar-refractivity contribution in [1.82, 2.24) is 4.90 Å². The summed E-state index contributed by atoms with van der Waals surface area (Å²) in [5.41, 5.74) is 2.15. The van der Waals surface area contributed by atoms with Crippen LogP contribution in [0.4, 0.5) is 4.39 Å². The van der Waals surface area contributed by atoms with Crippen molar-refractivity contribution in [1.29, 1.82) is 0 Å². The van der Waals surface area contributed by atoms with Crippen molar-refractivity contribution in [3.05, 3.63) is 47.7 Å². The van der Waals surface area contributed by atoms with Crippen LogP contribution in [0.15, 0.2) is 47.7 Å². The molecule has 4 heteroatoms. The van der Waals surface area contributed by atoms with E-state index in [1.54, 1.807) is 31.0 Å². The molecule has 0 saturated heterocycles. The summed E-state index contributed by atoms with van der Waals surface area (Å²) in [4.78, 5) is 13.5. The summed E-state index contributed by atoms with van der Waals surface area (Å²) in [6.45, 7) is 11.6. The fourth-order valence-electron chi connectivity index (χ4n) is 2.10. The van der Waals surface area contributed by atoms with Crippen LogP contribution in [-0.2, 0) is 9.53 Å². The maximum absolute atomic E-state index is 13.7. The first kappa shape index (κ1) is 17.2. The number of carbonyl (C=O) groups is 1. The minimum atomic E-state index is -0.346. The Morgan fingerprint density at radius 3 is 2.76 bits per heavy atom. The van der Waals surface area contributed by atoms with Crippen LogP contribution in [0.1, 0.15) is 40.5 Å². The van der Waals surface area contributed by atoms with Crippen molar-refractivity contribution in [2.24, 2.45) is 5.92 Å². The van der Waals surface area contributed by atoms with Gasteiger partial charge in [-0.15, -0.1) is 0 Å². The molecule has 116 valence electrons. The molecule has 21 heavy (non-hydrogen) atoms. The van der Waals surface area contributed by atoms with Crippen molar-refractivity contribution in [2.45, 2.75) is 40.5 Å². The van der Waals surface area contributed by atoms with Gasteiger partial charge in [-0.25, -0.2) is 4.39 Å². The minimum absolute atomic E-state index is 0.254. The lowest BCUT2D eigenvalue weighted by atomic mass is 9.97. The second kappa shape index (κ2) is 7.81. The zero-order valence-corrected chi connectivity index (χ0v) is 13.3. The topological polar surface area (TPSA) is 29.5 Å². The lowest BCUT2D eigenvalue weighted by Crippen LogP contribution is -2.20. The Labute approximate surface area is 126 Å². The minimum Gasteiger partial charge on any atom is -0.466 e. The molecule has 1 atom stereocenters. The van der Waals surface area contributed by atoms with Crippen LogP contribution in [0.5, 0.6) is 0 Å². The molecule has 0 radical (unpaired) electrons. The van der Waals surface area contributed by atoms with Gasteiger partial charge in [-0.05, 0) is 44.4 Å². The van der Waals surface area contributed by atoms with Crippen LogP contribution in [0.3, 0.4) is 0 Å². The number of rotatable bonds is 6. The van der Waals surface area contributed by atoms with Gasteiger partial charge in [0.15, 0.2) is 0 Å². The van der Waals surface area contributed by atoms with E-state index in [0.717, 1.165) is 18.4 Å². The standard InChI is InChI=1S/C17H24FNO2/c1-6-8-15(14(5)17(20)21-7-2)10-19-11-16(18)12(3)9-13(19)4/h9-11,14H,4,6-8H2,1-3,5H3/b15-10+. The number of carbonyl (C=O) groups excluding carboxylic acids is 1. The zero-order valence-electron chi connectivity index (χ0n) is 13.3. The first-order valence-corrected chi connectivity index (χ1v) is 7.31. The van der Waals surface area contributed by atoms with E-state index in [4.69, 9.17) is 4.74 Å². The summed E-state index contributed by atoms with van der Waals surface area (Å²) in [5.74, 6) is -0.893. The molecule has 1 heterocycles. The summed E-state index contributed by atoms with van der Waals surface area (Å²) in [7, 11) is 0. The molecule has 0 N–H and O–H groups in total. The van der Waals surface area contributed by atoms with E-state index in [1.165, 1.54) is 6.20 Å². The summed E-state index contributed by atoms with van der Waals surface area (Å²) < 4.78 is 18.8. The summed E-state index contributed by atoms with van der Waals surface area (Å²) >= 11 is 0. The van der Waals surface area contributed by atoms with Gasteiger partial charge >= 0.3 is 5.97 Å². The first-order valence-electron chi connectivity index (χ1n) is 7.31. The molecule has 0 amide bonds. The molecule has 0 spiro atoms. The smallest absolute Gasteiger partial charge is 0.312 e. The quantitative estimate of drug-likeness (QED) is 0.677. The summed E-state index contributed by atoms with van der Waals surface area (Å²) in [6, 6.07) is 0. The third kappa shape index (κ3) is 4.59. The number of allylic oxidation sites excluding steroid dienone is 3. The van der Waals surface area contributed by atoms with E-state index in [-0.39, 0.29) is 17.7 Å². The van der Waals surface area contributed by atoms with E-state index in [0.29, 0.717) is 17.9 Å². The van der Waals surface area contributed by atoms with Gasteiger partial charge in [0.1, 0.15) is 5.83 Å². The van der Waals surface area contributed by atoms with Gasteiger partial charge in [-0.2, -0.15) is 0 Å². The molecule has 1 rings (SSSR count). The van der Waals surface area contributed by atoms with Crippen molar-refractivity contribution in [3.8, 4) is 0 Å². The number of nitrogens with zero attached hydrogens (tertiary/aromatic N) is 1. The van der Waals surface area contributed by atoms with Crippen LogP contribution in [-0.4, -0.2) is 17.5 Å². The largest absolute Gasteiger partial charge is 0.466 e. The lowest BCUT2D eigenvalue weighted by Gasteiger charge is -2.24. The highest BCUT2D eigenvalue weighted by atomic mass is 19.1. The van der Waals surface area contributed by atoms with Gasteiger partial charge < -0.3 is 9.64 Å². The SMILES string of the molecule is C=C1C=C(C)C(F)=CN1/C=C(\CCC)C(C)C(=O)OCC. The fourth-order valence-corrected chi connectivity index (χ4v) is 2.10. The third-order valence-electron chi connectivity index (χ3n) is 3.38. The maximum Gasteiger partial charge on any atom is 0.312 e. The highest BCUT2D eigenvalue weighted by Gasteiger charge is 2.20. The lowest BCUT2D eigenvalue weighted by molar-refractivity contribution is -0.146. The van der Waals surface area contributed by atoms with Crippen molar-refractivity contribution >= 4 is 5.97 Å². The van der Waals surface area contributed by atoms with Gasteiger partial charge in [-0.1, -0.05) is 19.9 Å². The maximum atomic E-state index is 13.7. The number of hydrogen-bond acceptors (Lipinski definition) is 3. The average molecular weight is 293 g/mol. The predicted octanol–water partition coefficient (Wildman–Crippen LogP) is 4.46. The van der Waals surface area contributed by atoms with Crippen molar-refractivity contribution in [3.63, 3.8) is 0 Å². The fraction of sp³-hybridized carbons (Fsp3) is 0.471. The number of ether oxygens (including phenoxy) is 1. The highest BCUT2D eigenvalue weighted by molar-refractivity contribution is 5.75. The molecule has 0 saturated carbocycles. The van der Waals surface area contributed by atoms with Crippen LogP contribution in [0.2, 0.25) is 0 Å². The highest BCUT2D eigenvalue weighted by Crippen LogP contribution is 2.26. The van der Waals surface area contributed by atoms with Gasteiger partial charge in [0.2, 0.25) is 0 Å². The van der Waals surface area contributed by atoms with E-state index >= 15 is 0 Å². The molecule has 1 unspecified atom stereocenters. The second-order valence-corrected chi connectivity index (χ2v) is 5.13. The Morgan fingerprint density at radius 1 is 1.52 bits per heavy atom. The molecular weight excluding hydrogens is 269 g/mol. The van der Waals surface area contributed by atoms with E-state index in [2.05, 4.69) is 6.58 Å². The molecule has 0 aromatic rings. The molecule has 1 aliphatic heterocycles. The van der Waals surface area contributed by atoms with Gasteiger partial charge in [-0.3, -0.25) is 4.79 Å². The third-order valence-corrected chi connectivity index (χ3v) is 3.38. The second-order valence-electron chi connectivity index (χ2n) is 5.13. The molecule has 3 nitrogen and oxygen atoms in total. The van der Waals surface area contributed by atoms with Crippen LogP contribution >= 0.6 is 0 Å². The van der Waals surface area contributed by atoms with E-state index in [1.807, 2.05) is 13.8 Å². The van der Waals surface area contributed by atoms with Gasteiger partial charge in [0, 0.05) is 18.1 Å². The average Bonchev–Trinajstić information content (AvgIpc) is 2.43. The Bertz CT molecular complexity index is 503. The number of hydrogen-bond donors (Lipinski definition) is 0. The zero-order chi connectivity index (χ0) is 16.0. The molecule has 1 aliphatic rings. The molecule has 0 aromatic heterocycles. The van der Waals surface area contributed by atoms with E-state index < -0.39 is 0 Å². The normalized spacial score (nSPS) is 17.3. The van der Waals surface area contributed by atoms with Gasteiger partial charge in [0.05, 0.1) is 12.5 Å².